The van der Waals surface area contributed by atoms with E-state index in [1.54, 1.807) is 0 Å². The van der Waals surface area contributed by atoms with E-state index in [0.29, 0.717) is 12.2 Å². The largest absolute Gasteiger partial charge is 0.392 e. The third kappa shape index (κ3) is 3.28. The van der Waals surface area contributed by atoms with Crippen LogP contribution < -0.4 is 0 Å². The van der Waals surface area contributed by atoms with Gasteiger partial charge in [-0.05, 0) is 59.0 Å². The first-order valence-corrected chi connectivity index (χ1v) is 9.71. The van der Waals surface area contributed by atoms with Crippen molar-refractivity contribution < 1.29 is 13.2 Å². The maximum atomic E-state index is 13.4. The van der Waals surface area contributed by atoms with Gasteiger partial charge in [0.15, 0.2) is 5.82 Å². The van der Waals surface area contributed by atoms with Crippen LogP contribution in [0, 0.1) is 5.92 Å². The van der Waals surface area contributed by atoms with Gasteiger partial charge < -0.3 is 4.57 Å². The number of aromatic nitrogens is 5. The lowest BCUT2D eigenvalue weighted by Crippen LogP contribution is -2.29. The zero-order chi connectivity index (χ0) is 20.7. The molecule has 1 N–H and O–H groups in total. The zero-order valence-corrected chi connectivity index (χ0v) is 15.9. The highest BCUT2D eigenvalue weighted by molar-refractivity contribution is 5.68. The van der Waals surface area contributed by atoms with Crippen molar-refractivity contribution in [3.05, 3.63) is 71.9 Å². The second-order valence-corrected chi connectivity index (χ2v) is 7.48. The third-order valence-electron chi connectivity index (χ3n) is 5.64. The minimum absolute atomic E-state index is 0.0113. The number of hydrogen-bond donors (Lipinski definition) is 1. The molecule has 30 heavy (non-hydrogen) atoms. The van der Waals surface area contributed by atoms with E-state index < -0.39 is 12.1 Å². The Labute approximate surface area is 170 Å². The van der Waals surface area contributed by atoms with E-state index >= 15 is 0 Å². The van der Waals surface area contributed by atoms with Crippen LogP contribution in [0.25, 0.3) is 28.3 Å². The van der Waals surface area contributed by atoms with E-state index in [4.69, 9.17) is 0 Å². The monoisotopic (exact) mass is 409 g/mol. The van der Waals surface area contributed by atoms with E-state index in [1.165, 1.54) is 0 Å². The van der Waals surface area contributed by atoms with Gasteiger partial charge in [-0.2, -0.15) is 13.2 Å². The molecule has 1 unspecified atom stereocenters. The predicted molar refractivity (Wildman–Crippen MR) is 106 cm³/mol. The average Bonchev–Trinajstić information content (AvgIpc) is 3.41. The number of benzene rings is 2. The van der Waals surface area contributed by atoms with Gasteiger partial charge in [0.2, 0.25) is 0 Å². The highest BCUT2D eigenvalue weighted by Crippen LogP contribution is 2.41. The molecule has 0 bridgehead atoms. The van der Waals surface area contributed by atoms with Gasteiger partial charge in [-0.1, -0.05) is 42.5 Å². The van der Waals surface area contributed by atoms with E-state index in [0.717, 1.165) is 33.8 Å². The Balaban J connectivity index is 1.66. The number of hydrogen-bond acceptors (Lipinski definition) is 3. The van der Waals surface area contributed by atoms with Crippen molar-refractivity contribution >= 4 is 0 Å². The molecule has 2 aromatic heterocycles. The molecule has 2 heterocycles. The molecule has 0 saturated carbocycles. The maximum absolute atomic E-state index is 13.4. The molecular weight excluding hydrogens is 391 g/mol. The molecule has 0 saturated heterocycles. The van der Waals surface area contributed by atoms with Gasteiger partial charge in [-0.3, -0.25) is 0 Å². The molecule has 0 amide bonds. The Kier molecular flexibility index (Phi) is 4.42. The molecule has 0 fully saturated rings. The lowest BCUT2D eigenvalue weighted by molar-refractivity contribution is -0.177. The van der Waals surface area contributed by atoms with Gasteiger partial charge in [0.05, 0.1) is 11.6 Å². The molecule has 5 rings (SSSR count). The van der Waals surface area contributed by atoms with Gasteiger partial charge in [-0.15, -0.1) is 5.10 Å². The van der Waals surface area contributed by atoms with Gasteiger partial charge in [0.25, 0.3) is 0 Å². The van der Waals surface area contributed by atoms with Crippen LogP contribution >= 0.6 is 0 Å². The Morgan fingerprint density at radius 2 is 1.77 bits per heavy atom. The number of fused-ring (bicyclic) bond motifs is 1. The van der Waals surface area contributed by atoms with Gasteiger partial charge in [-0.25, -0.2) is 5.10 Å². The molecular formula is C22H18F3N5. The van der Waals surface area contributed by atoms with E-state index in [1.807, 2.05) is 60.7 Å². The molecule has 2 aromatic carbocycles. The first-order valence-electron chi connectivity index (χ1n) is 9.71. The first-order chi connectivity index (χ1) is 14.5. The fourth-order valence-electron chi connectivity index (χ4n) is 4.20. The zero-order valence-electron chi connectivity index (χ0n) is 15.9. The summed E-state index contributed by atoms with van der Waals surface area (Å²) in [5, 5.41) is 14.0. The van der Waals surface area contributed by atoms with Crippen LogP contribution in [0.1, 0.15) is 17.7 Å². The van der Waals surface area contributed by atoms with E-state index in [9.17, 15) is 13.2 Å². The number of nitrogens with zero attached hydrogens (tertiary/aromatic N) is 4. The third-order valence-corrected chi connectivity index (χ3v) is 5.64. The molecule has 1 atom stereocenters. The van der Waals surface area contributed by atoms with Crippen LogP contribution in [0.4, 0.5) is 13.2 Å². The first kappa shape index (κ1) is 18.6. The molecule has 4 aromatic rings. The van der Waals surface area contributed by atoms with E-state index in [-0.39, 0.29) is 12.8 Å². The average molecular weight is 409 g/mol. The van der Waals surface area contributed by atoms with Crippen LogP contribution in [0.3, 0.4) is 0 Å². The van der Waals surface area contributed by atoms with Crippen molar-refractivity contribution in [3.63, 3.8) is 0 Å². The summed E-state index contributed by atoms with van der Waals surface area (Å²) in [6.07, 6.45) is -3.69. The Hall–Kier alpha value is -3.42. The van der Waals surface area contributed by atoms with Crippen molar-refractivity contribution in [1.82, 2.24) is 25.2 Å². The van der Waals surface area contributed by atoms with Gasteiger partial charge >= 0.3 is 6.18 Å². The number of halogens is 3. The molecule has 1 aliphatic rings. The highest BCUT2D eigenvalue weighted by Gasteiger charge is 2.42. The lowest BCUT2D eigenvalue weighted by atomic mass is 9.87. The maximum Gasteiger partial charge on any atom is 0.392 e. The summed E-state index contributed by atoms with van der Waals surface area (Å²) in [5.41, 5.74) is 5.22. The van der Waals surface area contributed by atoms with Crippen LogP contribution in [0.15, 0.2) is 60.7 Å². The summed E-state index contributed by atoms with van der Waals surface area (Å²) < 4.78 is 42.2. The van der Waals surface area contributed by atoms with Gasteiger partial charge in [0.1, 0.15) is 0 Å². The van der Waals surface area contributed by atoms with Crippen LogP contribution in [-0.4, -0.2) is 31.4 Å². The molecule has 152 valence electrons. The number of aromatic amines is 1. The summed E-state index contributed by atoms with van der Waals surface area (Å²) in [4.78, 5) is 0. The summed E-state index contributed by atoms with van der Waals surface area (Å²) in [7, 11) is 0. The van der Waals surface area contributed by atoms with Crippen molar-refractivity contribution in [2.24, 2.45) is 5.92 Å². The smallest absolute Gasteiger partial charge is 0.313 e. The Bertz CT molecular complexity index is 1160. The second kappa shape index (κ2) is 7.12. The highest BCUT2D eigenvalue weighted by atomic mass is 19.4. The van der Waals surface area contributed by atoms with Crippen molar-refractivity contribution in [1.29, 1.82) is 0 Å². The number of H-pyrrole nitrogens is 1. The quantitative estimate of drug-likeness (QED) is 0.519. The van der Waals surface area contributed by atoms with Crippen molar-refractivity contribution in [2.45, 2.75) is 25.4 Å². The summed E-state index contributed by atoms with van der Waals surface area (Å²) in [6, 6.07) is 19.3. The number of alkyl halides is 3. The molecule has 0 aliphatic heterocycles. The summed E-state index contributed by atoms with van der Waals surface area (Å²) in [5.74, 6) is -0.757. The Morgan fingerprint density at radius 3 is 2.50 bits per heavy atom. The fourth-order valence-corrected chi connectivity index (χ4v) is 4.20. The van der Waals surface area contributed by atoms with Crippen molar-refractivity contribution in [2.75, 3.05) is 0 Å². The minimum atomic E-state index is -4.17. The SMILES string of the molecule is FC(F)(F)C1CCc2c(cc(-c3ccccc3)n2-c2cccc(-c3nnn[nH]3)c2)C1. The van der Waals surface area contributed by atoms with Crippen LogP contribution in [-0.2, 0) is 12.8 Å². The minimum Gasteiger partial charge on any atom is -0.313 e. The second-order valence-electron chi connectivity index (χ2n) is 7.48. The predicted octanol–water partition coefficient (Wildman–Crippen LogP) is 4.99. The van der Waals surface area contributed by atoms with E-state index in [2.05, 4.69) is 25.2 Å². The fraction of sp³-hybridized carbons (Fsp3) is 0.227. The van der Waals surface area contributed by atoms with Gasteiger partial charge in [0, 0.05) is 16.9 Å². The summed E-state index contributed by atoms with van der Waals surface area (Å²) >= 11 is 0. The number of nitrogens with one attached hydrogen (secondary N) is 1. The molecule has 1 aliphatic carbocycles. The number of tetrazole rings is 1. The molecule has 0 spiro atoms. The van der Waals surface area contributed by atoms with Crippen molar-refractivity contribution in [3.8, 4) is 28.3 Å². The summed E-state index contributed by atoms with van der Waals surface area (Å²) in [6.45, 7) is 0. The number of rotatable bonds is 3. The van der Waals surface area contributed by atoms with Crippen LogP contribution in [0.2, 0.25) is 0 Å². The normalized spacial score (nSPS) is 16.4. The molecule has 0 radical (unpaired) electrons. The molecule has 8 heteroatoms. The molecule has 5 nitrogen and oxygen atoms in total. The Morgan fingerprint density at radius 1 is 0.967 bits per heavy atom. The standard InChI is InChI=1S/C22H18F3N5/c23-22(24,25)17-9-10-19-16(11-17)13-20(14-5-2-1-3-6-14)30(19)18-8-4-7-15(12-18)21-26-28-29-27-21/h1-8,12-13,17H,9-11H2,(H,26,27,28,29). The topological polar surface area (TPSA) is 59.4 Å². The lowest BCUT2D eigenvalue weighted by Gasteiger charge is -2.26. The van der Waals surface area contributed by atoms with Crippen LogP contribution in [0.5, 0.6) is 0 Å².